The van der Waals surface area contributed by atoms with E-state index in [2.05, 4.69) is 21.0 Å². The minimum Gasteiger partial charge on any atom is -0.382 e. The Balaban J connectivity index is 1.74. The molecule has 180 valence electrons. The van der Waals surface area contributed by atoms with Gasteiger partial charge in [0.15, 0.2) is 5.84 Å². The lowest BCUT2D eigenvalue weighted by molar-refractivity contribution is -0.128. The summed E-state index contributed by atoms with van der Waals surface area (Å²) in [6.07, 6.45) is 1.21. The lowest BCUT2D eigenvalue weighted by Crippen LogP contribution is -2.52. The number of anilines is 1. The molecule has 9 heteroatoms. The number of benzene rings is 3. The molecule has 0 saturated carbocycles. The summed E-state index contributed by atoms with van der Waals surface area (Å²) in [5.74, 6) is -0.204. The van der Waals surface area contributed by atoms with Crippen molar-refractivity contribution in [3.05, 3.63) is 77.4 Å². The third-order valence-corrected chi connectivity index (χ3v) is 6.45. The molecule has 1 aliphatic heterocycles. The van der Waals surface area contributed by atoms with Crippen LogP contribution in [0.5, 0.6) is 0 Å². The van der Waals surface area contributed by atoms with Crippen LogP contribution in [-0.2, 0) is 22.6 Å². The SMILES string of the molecule is CNC(C)C(=O)NC1CCc2ccccc2N(Cc2cccc3ccc(C(N)=NN=N)cc23)C1=O. The number of rotatable bonds is 7. The highest BCUT2D eigenvalue weighted by molar-refractivity contribution is 6.03. The lowest BCUT2D eigenvalue weighted by Gasteiger charge is -2.27. The third kappa shape index (κ3) is 5.04. The van der Waals surface area contributed by atoms with Crippen molar-refractivity contribution in [2.24, 2.45) is 16.1 Å². The van der Waals surface area contributed by atoms with Crippen molar-refractivity contribution >= 4 is 34.1 Å². The van der Waals surface area contributed by atoms with Gasteiger partial charge < -0.3 is 21.3 Å². The molecule has 35 heavy (non-hydrogen) atoms. The van der Waals surface area contributed by atoms with E-state index in [-0.39, 0.29) is 17.6 Å². The van der Waals surface area contributed by atoms with Gasteiger partial charge in [0.05, 0.1) is 12.6 Å². The lowest BCUT2D eigenvalue weighted by atomic mass is 10.0. The maximum absolute atomic E-state index is 13.8. The summed E-state index contributed by atoms with van der Waals surface area (Å²) >= 11 is 0. The zero-order valence-electron chi connectivity index (χ0n) is 19.8. The number of likely N-dealkylation sites (N-methyl/N-ethyl adjacent to an activating group) is 1. The second-order valence-electron chi connectivity index (χ2n) is 8.60. The summed E-state index contributed by atoms with van der Waals surface area (Å²) in [5.41, 5.74) is 16.4. The van der Waals surface area contributed by atoms with Gasteiger partial charge in [-0.05, 0) is 60.8 Å². The summed E-state index contributed by atoms with van der Waals surface area (Å²) < 4.78 is 0. The molecule has 1 aliphatic rings. The molecule has 0 bridgehead atoms. The van der Waals surface area contributed by atoms with Gasteiger partial charge in [-0.15, -0.1) is 5.10 Å². The van der Waals surface area contributed by atoms with E-state index in [0.717, 1.165) is 27.6 Å². The molecule has 5 N–H and O–H groups in total. The molecule has 9 nitrogen and oxygen atoms in total. The average molecular weight is 472 g/mol. The third-order valence-electron chi connectivity index (χ3n) is 6.45. The number of carbonyl (C=O) groups excluding carboxylic acids is 2. The van der Waals surface area contributed by atoms with Crippen LogP contribution in [0.15, 0.2) is 71.0 Å². The summed E-state index contributed by atoms with van der Waals surface area (Å²) in [6, 6.07) is 18.4. The molecular formula is C26H29N7O2. The first kappa shape index (κ1) is 24.0. The molecule has 2 unspecified atom stereocenters. The Morgan fingerprint density at radius 1 is 1.20 bits per heavy atom. The fourth-order valence-electron chi connectivity index (χ4n) is 4.36. The number of nitrogens with two attached hydrogens (primary N) is 1. The number of hydrogen-bond acceptors (Lipinski definition) is 5. The van der Waals surface area contributed by atoms with Crippen LogP contribution >= 0.6 is 0 Å². The van der Waals surface area contributed by atoms with E-state index in [1.165, 1.54) is 0 Å². The number of nitrogens with zero attached hydrogens (tertiary/aromatic N) is 3. The fraction of sp³-hybridized carbons (Fsp3) is 0.269. The van der Waals surface area contributed by atoms with Gasteiger partial charge in [0, 0.05) is 11.3 Å². The van der Waals surface area contributed by atoms with E-state index in [0.29, 0.717) is 24.9 Å². The van der Waals surface area contributed by atoms with Crippen LogP contribution in [0.3, 0.4) is 0 Å². The Kier molecular flexibility index (Phi) is 7.17. The van der Waals surface area contributed by atoms with Gasteiger partial charge in [-0.2, -0.15) is 5.53 Å². The highest BCUT2D eigenvalue weighted by Gasteiger charge is 2.32. The average Bonchev–Trinajstić information content (AvgIpc) is 3.00. The molecule has 3 aromatic rings. The Morgan fingerprint density at radius 2 is 2.00 bits per heavy atom. The van der Waals surface area contributed by atoms with Gasteiger partial charge in [-0.3, -0.25) is 9.59 Å². The van der Waals surface area contributed by atoms with Gasteiger partial charge in [0.2, 0.25) is 11.8 Å². The number of hydrogen-bond donors (Lipinski definition) is 4. The number of amidine groups is 1. The van der Waals surface area contributed by atoms with Gasteiger partial charge in [-0.1, -0.05) is 53.8 Å². The quantitative estimate of drug-likeness (QED) is 0.182. The van der Waals surface area contributed by atoms with Crippen LogP contribution in [-0.4, -0.2) is 36.8 Å². The minimum absolute atomic E-state index is 0.145. The molecule has 0 spiro atoms. The smallest absolute Gasteiger partial charge is 0.249 e. The van der Waals surface area contributed by atoms with Gasteiger partial charge in [-0.25, -0.2) is 0 Å². The van der Waals surface area contributed by atoms with Crippen LogP contribution in [0.4, 0.5) is 5.69 Å². The Morgan fingerprint density at radius 3 is 2.77 bits per heavy atom. The number of fused-ring (bicyclic) bond motifs is 2. The maximum Gasteiger partial charge on any atom is 0.249 e. The second kappa shape index (κ2) is 10.4. The van der Waals surface area contributed by atoms with E-state index in [4.69, 9.17) is 11.3 Å². The predicted octanol–water partition coefficient (Wildman–Crippen LogP) is 3.06. The first-order valence-corrected chi connectivity index (χ1v) is 11.5. The van der Waals surface area contributed by atoms with Crippen molar-refractivity contribution in [3.8, 4) is 0 Å². The number of amides is 2. The molecule has 0 radical (unpaired) electrons. The molecule has 3 aromatic carbocycles. The fourth-order valence-corrected chi connectivity index (χ4v) is 4.36. The van der Waals surface area contributed by atoms with Crippen LogP contribution in [0.25, 0.3) is 10.8 Å². The zero-order valence-corrected chi connectivity index (χ0v) is 19.8. The molecule has 0 saturated heterocycles. The van der Waals surface area contributed by atoms with Crippen molar-refractivity contribution in [3.63, 3.8) is 0 Å². The van der Waals surface area contributed by atoms with Crippen LogP contribution in [0, 0.1) is 5.53 Å². The van der Waals surface area contributed by atoms with E-state index >= 15 is 0 Å². The largest absolute Gasteiger partial charge is 0.382 e. The van der Waals surface area contributed by atoms with E-state index in [1.807, 2.05) is 60.7 Å². The molecule has 0 aromatic heterocycles. The van der Waals surface area contributed by atoms with E-state index < -0.39 is 12.1 Å². The van der Waals surface area contributed by atoms with E-state index in [1.54, 1.807) is 18.9 Å². The number of para-hydroxylation sites is 1. The number of nitrogens with one attached hydrogen (secondary N) is 3. The number of aryl methyl sites for hydroxylation is 1. The molecule has 0 aliphatic carbocycles. The summed E-state index contributed by atoms with van der Waals surface area (Å²) in [6.45, 7) is 2.09. The van der Waals surface area contributed by atoms with Crippen LogP contribution < -0.4 is 21.3 Å². The van der Waals surface area contributed by atoms with Gasteiger partial charge in [0.25, 0.3) is 0 Å². The van der Waals surface area contributed by atoms with Crippen molar-refractivity contribution in [1.29, 1.82) is 5.53 Å². The zero-order chi connectivity index (χ0) is 24.9. The Bertz CT molecular complexity index is 1300. The standard InChI is InChI=1S/C26H29N7O2/c1-16(29-2)25(34)30-22-13-12-18-6-3-4-9-23(18)33(26(22)35)15-20-8-5-7-17-10-11-19(14-21(17)20)24(27)31-32-28/h3-11,14,16,22,29H,12-13,15H2,1-2H3,(H,30,34)(H3,27,28,31). The van der Waals surface area contributed by atoms with E-state index in [9.17, 15) is 9.59 Å². The maximum atomic E-state index is 13.8. The molecule has 1 heterocycles. The van der Waals surface area contributed by atoms with Crippen molar-refractivity contribution < 1.29 is 9.59 Å². The highest BCUT2D eigenvalue weighted by atomic mass is 16.2. The molecule has 2 atom stereocenters. The molecule has 4 rings (SSSR count). The molecule has 0 fully saturated rings. The molecule has 2 amide bonds. The van der Waals surface area contributed by atoms with Gasteiger partial charge in [0.1, 0.15) is 6.04 Å². The number of carbonyl (C=O) groups is 2. The first-order valence-electron chi connectivity index (χ1n) is 11.5. The van der Waals surface area contributed by atoms with Gasteiger partial charge >= 0.3 is 0 Å². The molecular weight excluding hydrogens is 442 g/mol. The minimum atomic E-state index is -0.627. The van der Waals surface area contributed by atoms with Crippen molar-refractivity contribution in [2.75, 3.05) is 11.9 Å². The summed E-state index contributed by atoms with van der Waals surface area (Å²) in [5, 5.41) is 14.4. The normalized spacial score (nSPS) is 17.0. The van der Waals surface area contributed by atoms with Crippen molar-refractivity contribution in [1.82, 2.24) is 10.6 Å². The Hall–Kier alpha value is -4.11. The summed E-state index contributed by atoms with van der Waals surface area (Å²) in [4.78, 5) is 28.1. The predicted molar refractivity (Wildman–Crippen MR) is 136 cm³/mol. The topological polar surface area (TPSA) is 136 Å². The monoisotopic (exact) mass is 471 g/mol. The van der Waals surface area contributed by atoms with Crippen LogP contribution in [0.1, 0.15) is 30.0 Å². The summed E-state index contributed by atoms with van der Waals surface area (Å²) in [7, 11) is 1.71. The first-order chi connectivity index (χ1) is 16.9. The van der Waals surface area contributed by atoms with Crippen LogP contribution in [0.2, 0.25) is 0 Å². The second-order valence-corrected chi connectivity index (χ2v) is 8.60. The van der Waals surface area contributed by atoms with Crippen molar-refractivity contribution in [2.45, 2.75) is 38.4 Å². The Labute approximate surface area is 203 Å². The highest BCUT2D eigenvalue weighted by Crippen LogP contribution is 2.30.